The standard InChI is InChI=1S/C21H26ClN3O7/c1-30-21(7-10-24(11-8-21)14-4-2-13(22)3-5-14)32-18-17(28)15(12-26)31-19(18)25-9-6-16(27)23-20(25)29/h2-6,9,15,17-19,26,28H,7-8,10-12H2,1H3,(H,23,27,29)/t15-,17-,18-,19-/m1/s1. The molecule has 0 unspecified atom stereocenters. The van der Waals surface area contributed by atoms with E-state index in [9.17, 15) is 19.8 Å². The van der Waals surface area contributed by atoms with Gasteiger partial charge in [-0.2, -0.15) is 0 Å². The zero-order chi connectivity index (χ0) is 22.9. The van der Waals surface area contributed by atoms with Crippen molar-refractivity contribution in [3.8, 4) is 0 Å². The van der Waals surface area contributed by atoms with Crippen molar-refractivity contribution in [2.75, 3.05) is 31.7 Å². The van der Waals surface area contributed by atoms with Crippen LogP contribution >= 0.6 is 11.6 Å². The van der Waals surface area contributed by atoms with Gasteiger partial charge in [0.1, 0.15) is 18.3 Å². The Morgan fingerprint density at radius 3 is 2.50 bits per heavy atom. The number of aromatic amines is 1. The molecule has 10 nitrogen and oxygen atoms in total. The Hall–Kier alpha value is -2.21. The van der Waals surface area contributed by atoms with Crippen LogP contribution in [0.5, 0.6) is 0 Å². The first-order valence-corrected chi connectivity index (χ1v) is 10.7. The van der Waals surface area contributed by atoms with E-state index in [0.29, 0.717) is 31.0 Å². The SMILES string of the molecule is COC1(O[C@@H]2[C@H](O)[C@@H](CO)O[C@H]2n2ccc(=O)[nH]c2=O)CCN(c2ccc(Cl)cc2)CC1. The van der Waals surface area contributed by atoms with Gasteiger partial charge in [-0.05, 0) is 24.3 Å². The second-order valence-electron chi connectivity index (χ2n) is 7.92. The van der Waals surface area contributed by atoms with E-state index in [1.807, 2.05) is 24.3 Å². The Kier molecular flexibility index (Phi) is 6.70. The van der Waals surface area contributed by atoms with Gasteiger partial charge in [0.2, 0.25) is 0 Å². The van der Waals surface area contributed by atoms with Crippen molar-refractivity contribution < 1.29 is 24.4 Å². The van der Waals surface area contributed by atoms with Gasteiger partial charge in [0.15, 0.2) is 12.0 Å². The van der Waals surface area contributed by atoms with E-state index in [1.165, 1.54) is 19.4 Å². The first-order valence-electron chi connectivity index (χ1n) is 10.4. The molecule has 4 rings (SSSR count). The molecule has 0 bridgehead atoms. The summed E-state index contributed by atoms with van der Waals surface area (Å²) in [6.07, 6.45) is -1.95. The highest BCUT2D eigenvalue weighted by atomic mass is 35.5. The maximum Gasteiger partial charge on any atom is 0.330 e. The van der Waals surface area contributed by atoms with E-state index in [-0.39, 0.29) is 0 Å². The summed E-state index contributed by atoms with van der Waals surface area (Å²) in [5.74, 6) is -1.02. The maximum atomic E-state index is 12.3. The highest BCUT2D eigenvalue weighted by Crippen LogP contribution is 2.38. The molecular formula is C21H26ClN3O7. The summed E-state index contributed by atoms with van der Waals surface area (Å²) in [6.45, 7) is 0.803. The fourth-order valence-corrected chi connectivity index (χ4v) is 4.35. The third-order valence-electron chi connectivity index (χ3n) is 6.06. The number of H-pyrrole nitrogens is 1. The smallest absolute Gasteiger partial charge is 0.330 e. The number of nitrogens with zero attached hydrogens (tertiary/aromatic N) is 2. The molecule has 3 heterocycles. The van der Waals surface area contributed by atoms with Crippen LogP contribution in [0.15, 0.2) is 46.1 Å². The third-order valence-corrected chi connectivity index (χ3v) is 6.31. The minimum atomic E-state index is -1.20. The highest BCUT2D eigenvalue weighted by Gasteiger charge is 2.50. The first kappa shape index (κ1) is 23.0. The van der Waals surface area contributed by atoms with Gasteiger partial charge in [0.25, 0.3) is 5.56 Å². The summed E-state index contributed by atoms with van der Waals surface area (Å²) < 4.78 is 18.9. The van der Waals surface area contributed by atoms with Crippen molar-refractivity contribution in [1.82, 2.24) is 9.55 Å². The summed E-state index contributed by atoms with van der Waals surface area (Å²) >= 11 is 5.98. The van der Waals surface area contributed by atoms with E-state index >= 15 is 0 Å². The van der Waals surface area contributed by atoms with Gasteiger partial charge in [-0.1, -0.05) is 11.6 Å². The fourth-order valence-electron chi connectivity index (χ4n) is 4.22. The van der Waals surface area contributed by atoms with Crippen molar-refractivity contribution in [3.05, 3.63) is 62.4 Å². The molecular weight excluding hydrogens is 442 g/mol. The van der Waals surface area contributed by atoms with Crippen molar-refractivity contribution in [2.45, 2.75) is 43.2 Å². The van der Waals surface area contributed by atoms with E-state index < -0.39 is 48.2 Å². The summed E-state index contributed by atoms with van der Waals surface area (Å²) in [4.78, 5) is 28.1. The molecule has 11 heteroatoms. The normalized spacial score (nSPS) is 27.6. The molecule has 174 valence electrons. The second kappa shape index (κ2) is 9.34. The lowest BCUT2D eigenvalue weighted by molar-refractivity contribution is -0.276. The molecule has 2 aliphatic heterocycles. The number of benzene rings is 1. The molecule has 0 amide bonds. The van der Waals surface area contributed by atoms with Crippen LogP contribution in [0.2, 0.25) is 5.02 Å². The summed E-state index contributed by atoms with van der Waals surface area (Å²) in [7, 11) is 1.53. The van der Waals surface area contributed by atoms with Crippen molar-refractivity contribution in [2.24, 2.45) is 0 Å². The Balaban J connectivity index is 1.54. The number of piperidine rings is 1. The zero-order valence-corrected chi connectivity index (χ0v) is 18.3. The first-order chi connectivity index (χ1) is 15.4. The summed E-state index contributed by atoms with van der Waals surface area (Å²) in [5.41, 5.74) is -0.226. The van der Waals surface area contributed by atoms with Crippen LogP contribution in [0, 0.1) is 0 Å². The molecule has 3 N–H and O–H groups in total. The number of rotatable bonds is 6. The predicted octanol–water partition coefficient (Wildman–Crippen LogP) is 0.469. The minimum Gasteiger partial charge on any atom is -0.394 e. The van der Waals surface area contributed by atoms with Crippen LogP contribution in [0.4, 0.5) is 5.69 Å². The lowest BCUT2D eigenvalue weighted by atomic mass is 10.0. The molecule has 4 atom stereocenters. The number of halogens is 1. The lowest BCUT2D eigenvalue weighted by Gasteiger charge is -2.43. The third kappa shape index (κ3) is 4.47. The van der Waals surface area contributed by atoms with Crippen LogP contribution in [-0.2, 0) is 14.2 Å². The molecule has 1 aromatic carbocycles. The van der Waals surface area contributed by atoms with Gasteiger partial charge in [0, 0.05) is 56.0 Å². The van der Waals surface area contributed by atoms with Crippen molar-refractivity contribution >= 4 is 17.3 Å². The zero-order valence-electron chi connectivity index (χ0n) is 17.5. The highest BCUT2D eigenvalue weighted by molar-refractivity contribution is 6.30. The molecule has 0 aliphatic carbocycles. The average molecular weight is 468 g/mol. The predicted molar refractivity (Wildman–Crippen MR) is 116 cm³/mol. The monoisotopic (exact) mass is 467 g/mol. The lowest BCUT2D eigenvalue weighted by Crippen LogP contribution is -2.52. The van der Waals surface area contributed by atoms with Gasteiger partial charge in [0.05, 0.1) is 6.61 Å². The summed E-state index contributed by atoms with van der Waals surface area (Å²) in [5, 5.41) is 21.0. The molecule has 2 aliphatic rings. The molecule has 0 radical (unpaired) electrons. The number of aliphatic hydroxyl groups excluding tert-OH is 2. The van der Waals surface area contributed by atoms with Crippen LogP contribution < -0.4 is 16.1 Å². The number of nitrogens with one attached hydrogen (secondary N) is 1. The van der Waals surface area contributed by atoms with Crippen LogP contribution in [0.3, 0.4) is 0 Å². The van der Waals surface area contributed by atoms with Crippen LogP contribution in [0.1, 0.15) is 19.1 Å². The number of ether oxygens (including phenoxy) is 3. The van der Waals surface area contributed by atoms with Crippen molar-refractivity contribution in [3.63, 3.8) is 0 Å². The molecule has 0 spiro atoms. The molecule has 2 saturated heterocycles. The number of aliphatic hydroxyl groups is 2. The largest absolute Gasteiger partial charge is 0.394 e. The number of hydrogen-bond acceptors (Lipinski definition) is 8. The van der Waals surface area contributed by atoms with Gasteiger partial charge in [-0.15, -0.1) is 0 Å². The average Bonchev–Trinajstić information content (AvgIpc) is 3.10. The van der Waals surface area contributed by atoms with E-state index in [4.69, 9.17) is 25.8 Å². The fraction of sp³-hybridized carbons (Fsp3) is 0.524. The van der Waals surface area contributed by atoms with Crippen LogP contribution in [-0.4, -0.2) is 70.7 Å². The molecule has 2 fully saturated rings. The second-order valence-corrected chi connectivity index (χ2v) is 8.35. The molecule has 1 aromatic heterocycles. The molecule has 2 aromatic rings. The number of methoxy groups -OCH3 is 1. The number of anilines is 1. The Morgan fingerprint density at radius 1 is 1.22 bits per heavy atom. The van der Waals surface area contributed by atoms with E-state index in [2.05, 4.69) is 9.88 Å². The van der Waals surface area contributed by atoms with Gasteiger partial charge in [-0.25, -0.2) is 4.79 Å². The van der Waals surface area contributed by atoms with Gasteiger partial charge >= 0.3 is 5.69 Å². The Morgan fingerprint density at radius 2 is 1.91 bits per heavy atom. The van der Waals surface area contributed by atoms with Crippen molar-refractivity contribution in [1.29, 1.82) is 0 Å². The quantitative estimate of drug-likeness (QED) is 0.523. The molecule has 32 heavy (non-hydrogen) atoms. The Labute approximate surface area is 188 Å². The van der Waals surface area contributed by atoms with Crippen LogP contribution in [0.25, 0.3) is 0 Å². The van der Waals surface area contributed by atoms with Gasteiger partial charge < -0.3 is 29.3 Å². The summed E-state index contributed by atoms with van der Waals surface area (Å²) in [6, 6.07) is 8.74. The number of hydrogen-bond donors (Lipinski definition) is 3. The van der Waals surface area contributed by atoms with E-state index in [0.717, 1.165) is 10.3 Å². The van der Waals surface area contributed by atoms with Gasteiger partial charge in [-0.3, -0.25) is 14.3 Å². The number of aromatic nitrogens is 2. The maximum absolute atomic E-state index is 12.3. The molecule has 0 saturated carbocycles. The minimum absolute atomic E-state index is 0.458. The topological polar surface area (TPSA) is 126 Å². The van der Waals surface area contributed by atoms with E-state index in [1.54, 1.807) is 0 Å². The Bertz CT molecular complexity index is 1030.